The number of aliphatic carboxylic acids is 1. The second kappa shape index (κ2) is 9.80. The molecular weight excluding hydrogens is 468 g/mol. The molecule has 4 rings (SSSR count). The Labute approximate surface area is 208 Å². The Morgan fingerprint density at radius 3 is 2.17 bits per heavy atom. The molecule has 0 saturated heterocycles. The van der Waals surface area contributed by atoms with Gasteiger partial charge in [0, 0.05) is 27.7 Å². The van der Waals surface area contributed by atoms with Crippen molar-refractivity contribution >= 4 is 35.3 Å². The Bertz CT molecular complexity index is 1260. The molecule has 1 aliphatic carbocycles. The average molecular weight is 493 g/mol. The van der Waals surface area contributed by atoms with Gasteiger partial charge in [-0.1, -0.05) is 60.1 Å². The SMILES string of the molecule is CC(C)(CC(=O)O)NC(=O)c1cc(Cl)cc(NC(=O)OCC2c3ccccc3-c3ccccc32)c1. The summed E-state index contributed by atoms with van der Waals surface area (Å²) >= 11 is 6.16. The van der Waals surface area contributed by atoms with Crippen molar-refractivity contribution in [2.24, 2.45) is 0 Å². The number of carbonyl (C=O) groups excluding carboxylic acids is 2. The van der Waals surface area contributed by atoms with E-state index in [1.807, 2.05) is 36.4 Å². The van der Waals surface area contributed by atoms with Crippen LogP contribution in [0.4, 0.5) is 10.5 Å². The first-order valence-electron chi connectivity index (χ1n) is 11.1. The number of ether oxygens (including phenoxy) is 1. The summed E-state index contributed by atoms with van der Waals surface area (Å²) in [5, 5.41) is 14.6. The number of carboxylic acids is 1. The highest BCUT2D eigenvalue weighted by Gasteiger charge is 2.29. The van der Waals surface area contributed by atoms with Crippen LogP contribution in [-0.2, 0) is 9.53 Å². The first kappa shape index (κ1) is 24.3. The maximum atomic E-state index is 12.7. The third-order valence-electron chi connectivity index (χ3n) is 5.80. The molecule has 8 heteroatoms. The summed E-state index contributed by atoms with van der Waals surface area (Å²) in [4.78, 5) is 36.3. The number of amides is 2. The number of carbonyl (C=O) groups is 3. The summed E-state index contributed by atoms with van der Waals surface area (Å²) in [6, 6.07) is 20.5. The number of hydrogen-bond acceptors (Lipinski definition) is 4. The smallest absolute Gasteiger partial charge is 0.411 e. The van der Waals surface area contributed by atoms with Crippen LogP contribution in [0, 0.1) is 0 Å². The van der Waals surface area contributed by atoms with Gasteiger partial charge in [-0.2, -0.15) is 0 Å². The first-order chi connectivity index (χ1) is 16.6. The third-order valence-corrected chi connectivity index (χ3v) is 6.01. The molecule has 0 fully saturated rings. The lowest BCUT2D eigenvalue weighted by Gasteiger charge is -2.24. The van der Waals surface area contributed by atoms with Crippen molar-refractivity contribution in [2.45, 2.75) is 31.7 Å². The lowest BCUT2D eigenvalue weighted by Crippen LogP contribution is -2.44. The molecule has 0 bridgehead atoms. The zero-order chi connectivity index (χ0) is 25.2. The van der Waals surface area contributed by atoms with Gasteiger partial charge < -0.3 is 15.2 Å². The van der Waals surface area contributed by atoms with Gasteiger partial charge in [-0.05, 0) is 54.3 Å². The summed E-state index contributed by atoms with van der Waals surface area (Å²) in [5.41, 5.74) is 3.98. The van der Waals surface area contributed by atoms with Crippen molar-refractivity contribution in [3.8, 4) is 11.1 Å². The van der Waals surface area contributed by atoms with Gasteiger partial charge in [-0.3, -0.25) is 14.9 Å². The van der Waals surface area contributed by atoms with E-state index < -0.39 is 23.5 Å². The van der Waals surface area contributed by atoms with Gasteiger partial charge in [0.2, 0.25) is 0 Å². The molecule has 0 aromatic heterocycles. The summed E-state index contributed by atoms with van der Waals surface area (Å²) in [7, 11) is 0. The van der Waals surface area contributed by atoms with E-state index in [1.165, 1.54) is 18.2 Å². The van der Waals surface area contributed by atoms with E-state index in [-0.39, 0.29) is 35.2 Å². The quantitative estimate of drug-likeness (QED) is 0.393. The number of nitrogens with one attached hydrogen (secondary N) is 2. The van der Waals surface area contributed by atoms with E-state index in [0.29, 0.717) is 0 Å². The van der Waals surface area contributed by atoms with Crippen LogP contribution in [-0.4, -0.2) is 35.2 Å². The molecule has 7 nitrogen and oxygen atoms in total. The van der Waals surface area contributed by atoms with Gasteiger partial charge in [0.25, 0.3) is 5.91 Å². The molecule has 0 heterocycles. The van der Waals surface area contributed by atoms with Crippen LogP contribution in [0.15, 0.2) is 66.7 Å². The Morgan fingerprint density at radius 1 is 0.971 bits per heavy atom. The van der Waals surface area contributed by atoms with E-state index in [4.69, 9.17) is 21.4 Å². The number of rotatable bonds is 7. The van der Waals surface area contributed by atoms with Crippen LogP contribution in [0.2, 0.25) is 5.02 Å². The predicted molar refractivity (Wildman–Crippen MR) is 134 cm³/mol. The monoisotopic (exact) mass is 492 g/mol. The molecule has 0 aliphatic heterocycles. The molecule has 0 radical (unpaired) electrons. The van der Waals surface area contributed by atoms with E-state index in [2.05, 4.69) is 22.8 Å². The molecule has 3 aromatic carbocycles. The fourth-order valence-electron chi connectivity index (χ4n) is 4.35. The van der Waals surface area contributed by atoms with Crippen molar-refractivity contribution in [2.75, 3.05) is 11.9 Å². The predicted octanol–water partition coefficient (Wildman–Crippen LogP) is 5.68. The highest BCUT2D eigenvalue weighted by molar-refractivity contribution is 6.31. The van der Waals surface area contributed by atoms with Gasteiger partial charge in [0.1, 0.15) is 6.61 Å². The van der Waals surface area contributed by atoms with Crippen LogP contribution >= 0.6 is 11.6 Å². The second-order valence-electron chi connectivity index (χ2n) is 9.09. The first-order valence-corrected chi connectivity index (χ1v) is 11.5. The zero-order valence-electron chi connectivity index (χ0n) is 19.3. The molecule has 180 valence electrons. The lowest BCUT2D eigenvalue weighted by molar-refractivity contribution is -0.138. The molecule has 0 spiro atoms. The number of benzene rings is 3. The van der Waals surface area contributed by atoms with E-state index in [9.17, 15) is 14.4 Å². The molecule has 0 saturated carbocycles. The fraction of sp³-hybridized carbons (Fsp3) is 0.222. The topological polar surface area (TPSA) is 105 Å². The van der Waals surface area contributed by atoms with Gasteiger partial charge in [-0.15, -0.1) is 0 Å². The number of fused-ring (bicyclic) bond motifs is 3. The number of halogens is 1. The largest absolute Gasteiger partial charge is 0.481 e. The van der Waals surface area contributed by atoms with Crippen molar-refractivity contribution in [3.63, 3.8) is 0 Å². The minimum Gasteiger partial charge on any atom is -0.481 e. The molecule has 2 amide bonds. The molecule has 0 atom stereocenters. The highest BCUT2D eigenvalue weighted by atomic mass is 35.5. The van der Waals surface area contributed by atoms with Crippen molar-refractivity contribution in [1.29, 1.82) is 0 Å². The lowest BCUT2D eigenvalue weighted by atomic mass is 9.98. The molecule has 1 aliphatic rings. The van der Waals surface area contributed by atoms with E-state index in [0.717, 1.165) is 22.3 Å². The second-order valence-corrected chi connectivity index (χ2v) is 9.52. The number of anilines is 1. The minimum absolute atomic E-state index is 0.0784. The maximum Gasteiger partial charge on any atom is 0.411 e. The van der Waals surface area contributed by atoms with Crippen LogP contribution in [0.5, 0.6) is 0 Å². The summed E-state index contributed by atoms with van der Waals surface area (Å²) in [5.74, 6) is -1.61. The molecule has 3 aromatic rings. The number of hydrogen-bond donors (Lipinski definition) is 3. The van der Waals surface area contributed by atoms with Gasteiger partial charge >= 0.3 is 12.1 Å². The fourth-order valence-corrected chi connectivity index (χ4v) is 4.58. The van der Waals surface area contributed by atoms with Crippen LogP contribution in [0.1, 0.15) is 47.7 Å². The Morgan fingerprint density at radius 2 is 1.57 bits per heavy atom. The van der Waals surface area contributed by atoms with E-state index >= 15 is 0 Å². The zero-order valence-corrected chi connectivity index (χ0v) is 20.1. The molecule has 3 N–H and O–H groups in total. The number of carboxylic acid groups (broad SMARTS) is 1. The normalized spacial score (nSPS) is 12.4. The summed E-state index contributed by atoms with van der Waals surface area (Å²) in [6.45, 7) is 3.37. The van der Waals surface area contributed by atoms with Crippen molar-refractivity contribution in [3.05, 3.63) is 88.4 Å². The van der Waals surface area contributed by atoms with Crippen molar-refractivity contribution < 1.29 is 24.2 Å². The summed E-state index contributed by atoms with van der Waals surface area (Å²) in [6.07, 6.45) is -0.920. The Hall–Kier alpha value is -3.84. The molecular formula is C27H25ClN2O5. The average Bonchev–Trinajstić information content (AvgIpc) is 3.10. The van der Waals surface area contributed by atoms with Crippen molar-refractivity contribution in [1.82, 2.24) is 5.32 Å². The van der Waals surface area contributed by atoms with Crippen LogP contribution in [0.25, 0.3) is 11.1 Å². The Balaban J connectivity index is 1.43. The summed E-state index contributed by atoms with van der Waals surface area (Å²) < 4.78 is 5.55. The maximum absolute atomic E-state index is 12.7. The molecule has 0 unspecified atom stereocenters. The minimum atomic E-state index is -1.03. The van der Waals surface area contributed by atoms with Gasteiger partial charge in [0.15, 0.2) is 0 Å². The van der Waals surface area contributed by atoms with Gasteiger partial charge in [0.05, 0.1) is 6.42 Å². The molecule has 35 heavy (non-hydrogen) atoms. The third kappa shape index (κ3) is 5.63. The van der Waals surface area contributed by atoms with Crippen LogP contribution in [0.3, 0.4) is 0 Å². The van der Waals surface area contributed by atoms with Gasteiger partial charge in [-0.25, -0.2) is 4.79 Å². The van der Waals surface area contributed by atoms with E-state index in [1.54, 1.807) is 13.8 Å². The Kier molecular flexibility index (Phi) is 6.80. The standard InChI is InChI=1S/C27H25ClN2O5/c1-27(2,14-24(31)32)30-25(33)16-11-17(28)13-18(12-16)29-26(34)35-15-23-21-9-5-3-7-19(21)20-8-4-6-10-22(20)23/h3-13,23H,14-15H2,1-2H3,(H,29,34)(H,30,33)(H,31,32). The highest BCUT2D eigenvalue weighted by Crippen LogP contribution is 2.44. The van der Waals surface area contributed by atoms with Crippen LogP contribution < -0.4 is 10.6 Å².